The average Bonchev–Trinajstić information content (AvgIpc) is 3.00. The van der Waals surface area contributed by atoms with Crippen LogP contribution in [0.25, 0.3) is 0 Å². The molecule has 6 heteroatoms. The molecule has 6 nitrogen and oxygen atoms in total. The average molecular weight is 317 g/mol. The van der Waals surface area contributed by atoms with Gasteiger partial charge in [0.25, 0.3) is 5.91 Å². The molecule has 23 heavy (non-hydrogen) atoms. The van der Waals surface area contributed by atoms with Crippen LogP contribution in [0.1, 0.15) is 25.7 Å². The van der Waals surface area contributed by atoms with Crippen molar-refractivity contribution in [2.24, 2.45) is 0 Å². The highest BCUT2D eigenvalue weighted by Gasteiger charge is 2.21. The molecule has 1 aromatic rings. The van der Waals surface area contributed by atoms with Crippen LogP contribution in [0.15, 0.2) is 24.3 Å². The lowest BCUT2D eigenvalue weighted by Gasteiger charge is -2.23. The Balaban J connectivity index is 1.46. The highest BCUT2D eigenvalue weighted by molar-refractivity contribution is 5.95. The second kappa shape index (κ2) is 7.46. The minimum Gasteiger partial charge on any atom is -0.484 e. The Morgan fingerprint density at radius 2 is 2.13 bits per heavy atom. The zero-order chi connectivity index (χ0) is 16.1. The summed E-state index contributed by atoms with van der Waals surface area (Å²) in [6.07, 6.45) is 3.63. The number of nitrogens with one attached hydrogen (secondary N) is 2. The molecule has 1 unspecified atom stereocenters. The monoisotopic (exact) mass is 317 g/mol. The summed E-state index contributed by atoms with van der Waals surface area (Å²) >= 11 is 0. The van der Waals surface area contributed by atoms with Crippen LogP contribution >= 0.6 is 0 Å². The predicted octanol–water partition coefficient (Wildman–Crippen LogP) is 1.06. The lowest BCUT2D eigenvalue weighted by atomic mass is 10.1. The molecule has 0 bridgehead atoms. The zero-order valence-corrected chi connectivity index (χ0v) is 13.2. The second-order valence-corrected chi connectivity index (χ2v) is 6.04. The number of rotatable bonds is 5. The highest BCUT2D eigenvalue weighted by atomic mass is 16.5. The molecule has 0 aliphatic carbocycles. The molecule has 2 fully saturated rings. The Morgan fingerprint density at radius 1 is 1.30 bits per heavy atom. The van der Waals surface area contributed by atoms with E-state index in [1.165, 1.54) is 0 Å². The van der Waals surface area contributed by atoms with Gasteiger partial charge in [0.15, 0.2) is 6.61 Å². The van der Waals surface area contributed by atoms with Crippen molar-refractivity contribution in [3.63, 3.8) is 0 Å². The summed E-state index contributed by atoms with van der Waals surface area (Å²) in [6, 6.07) is 7.53. The third kappa shape index (κ3) is 4.22. The van der Waals surface area contributed by atoms with Gasteiger partial charge in [-0.15, -0.1) is 0 Å². The molecular weight excluding hydrogens is 294 g/mol. The van der Waals surface area contributed by atoms with E-state index in [9.17, 15) is 9.59 Å². The van der Waals surface area contributed by atoms with Crippen molar-refractivity contribution in [1.29, 1.82) is 0 Å². The minimum atomic E-state index is -0.0995. The lowest BCUT2D eigenvalue weighted by molar-refractivity contribution is -0.124. The van der Waals surface area contributed by atoms with Crippen molar-refractivity contribution in [1.82, 2.24) is 10.6 Å². The van der Waals surface area contributed by atoms with Crippen LogP contribution in [-0.4, -0.2) is 44.1 Å². The number of ether oxygens (including phenoxy) is 1. The van der Waals surface area contributed by atoms with Crippen molar-refractivity contribution in [3.8, 4) is 5.75 Å². The summed E-state index contributed by atoms with van der Waals surface area (Å²) < 4.78 is 5.52. The van der Waals surface area contributed by atoms with Crippen molar-refractivity contribution in [2.45, 2.75) is 31.7 Å². The summed E-state index contributed by atoms with van der Waals surface area (Å²) in [4.78, 5) is 25.4. The number of carbonyl (C=O) groups is 2. The summed E-state index contributed by atoms with van der Waals surface area (Å²) in [7, 11) is 0. The van der Waals surface area contributed by atoms with Gasteiger partial charge in [0.1, 0.15) is 5.75 Å². The van der Waals surface area contributed by atoms with Crippen LogP contribution < -0.4 is 20.3 Å². The predicted molar refractivity (Wildman–Crippen MR) is 87.6 cm³/mol. The minimum absolute atomic E-state index is 0.0124. The van der Waals surface area contributed by atoms with Gasteiger partial charge in [0.2, 0.25) is 5.91 Å². The van der Waals surface area contributed by atoms with Crippen LogP contribution in [-0.2, 0) is 9.59 Å². The molecule has 1 aromatic carbocycles. The number of hydrogen-bond acceptors (Lipinski definition) is 4. The lowest BCUT2D eigenvalue weighted by Crippen LogP contribution is -2.46. The van der Waals surface area contributed by atoms with Crippen molar-refractivity contribution in [3.05, 3.63) is 24.3 Å². The van der Waals surface area contributed by atoms with Crippen molar-refractivity contribution >= 4 is 17.5 Å². The van der Waals surface area contributed by atoms with Crippen molar-refractivity contribution in [2.75, 3.05) is 31.1 Å². The molecule has 2 aliphatic heterocycles. The fourth-order valence-electron chi connectivity index (χ4n) is 3.04. The number of hydrogen-bond donors (Lipinski definition) is 2. The van der Waals surface area contributed by atoms with Gasteiger partial charge in [-0.25, -0.2) is 0 Å². The fraction of sp³-hybridized carbons (Fsp3) is 0.529. The van der Waals surface area contributed by atoms with E-state index in [2.05, 4.69) is 10.6 Å². The first-order chi connectivity index (χ1) is 11.2. The van der Waals surface area contributed by atoms with E-state index in [0.29, 0.717) is 12.2 Å². The van der Waals surface area contributed by atoms with Crippen LogP contribution in [0.3, 0.4) is 0 Å². The maximum atomic E-state index is 11.9. The molecule has 2 N–H and O–H groups in total. The van der Waals surface area contributed by atoms with Crippen molar-refractivity contribution < 1.29 is 14.3 Å². The van der Waals surface area contributed by atoms with E-state index in [1.807, 2.05) is 12.1 Å². The highest BCUT2D eigenvalue weighted by Crippen LogP contribution is 2.23. The van der Waals surface area contributed by atoms with E-state index in [1.54, 1.807) is 17.0 Å². The van der Waals surface area contributed by atoms with E-state index in [-0.39, 0.29) is 24.5 Å². The SMILES string of the molecule is O=C(COc1ccc(N2CCCC2=O)cc1)NC1CCCNC1. The first-order valence-electron chi connectivity index (χ1n) is 8.26. The summed E-state index contributed by atoms with van der Waals surface area (Å²) in [5.74, 6) is 0.703. The van der Waals surface area contributed by atoms with Crippen LogP contribution in [0.4, 0.5) is 5.69 Å². The molecule has 3 rings (SSSR count). The van der Waals surface area contributed by atoms with Gasteiger partial charge in [0.05, 0.1) is 0 Å². The molecule has 2 saturated heterocycles. The quantitative estimate of drug-likeness (QED) is 0.852. The van der Waals surface area contributed by atoms with E-state index in [4.69, 9.17) is 4.74 Å². The number of piperidine rings is 1. The summed E-state index contributed by atoms with van der Waals surface area (Å²) in [6.45, 7) is 2.63. The van der Waals surface area contributed by atoms with Gasteiger partial charge in [-0.3, -0.25) is 9.59 Å². The fourth-order valence-corrected chi connectivity index (χ4v) is 3.04. The van der Waals surface area contributed by atoms with Gasteiger partial charge in [-0.05, 0) is 50.1 Å². The maximum absolute atomic E-state index is 11.9. The largest absolute Gasteiger partial charge is 0.484 e. The second-order valence-electron chi connectivity index (χ2n) is 6.04. The molecule has 2 amide bonds. The third-order valence-corrected chi connectivity index (χ3v) is 4.25. The van der Waals surface area contributed by atoms with E-state index >= 15 is 0 Å². The molecule has 124 valence electrons. The molecule has 1 atom stereocenters. The Labute approximate surface area is 136 Å². The number of nitrogens with zero attached hydrogens (tertiary/aromatic N) is 1. The van der Waals surface area contributed by atoms with Gasteiger partial charge >= 0.3 is 0 Å². The Hall–Kier alpha value is -2.08. The molecule has 0 radical (unpaired) electrons. The topological polar surface area (TPSA) is 70.7 Å². The molecule has 0 aromatic heterocycles. The molecule has 0 saturated carbocycles. The Kier molecular flexibility index (Phi) is 5.12. The maximum Gasteiger partial charge on any atom is 0.258 e. The first kappa shape index (κ1) is 15.8. The summed E-state index contributed by atoms with van der Waals surface area (Å²) in [5.41, 5.74) is 0.887. The van der Waals surface area contributed by atoms with Crippen LogP contribution in [0.2, 0.25) is 0 Å². The standard InChI is InChI=1S/C17H23N3O3/c21-16(19-13-3-1-9-18-11-13)12-23-15-7-5-14(6-8-15)20-10-2-4-17(20)22/h5-8,13,18H,1-4,9-12H2,(H,19,21). The van der Waals surface area contributed by atoms with Crippen LogP contribution in [0, 0.1) is 0 Å². The number of carbonyl (C=O) groups excluding carboxylic acids is 2. The Bertz CT molecular complexity index is 553. The molecule has 2 aliphatic rings. The molecular formula is C17H23N3O3. The van der Waals surface area contributed by atoms with Crippen LogP contribution in [0.5, 0.6) is 5.75 Å². The van der Waals surface area contributed by atoms with Gasteiger partial charge < -0.3 is 20.3 Å². The van der Waals surface area contributed by atoms with E-state index in [0.717, 1.165) is 44.6 Å². The zero-order valence-electron chi connectivity index (χ0n) is 13.2. The Morgan fingerprint density at radius 3 is 2.78 bits per heavy atom. The normalized spacial score (nSPS) is 21.3. The van der Waals surface area contributed by atoms with Gasteiger partial charge in [0, 0.05) is 31.2 Å². The molecule has 2 heterocycles. The van der Waals surface area contributed by atoms with Gasteiger partial charge in [-0.1, -0.05) is 0 Å². The smallest absolute Gasteiger partial charge is 0.258 e. The van der Waals surface area contributed by atoms with Gasteiger partial charge in [-0.2, -0.15) is 0 Å². The number of amides is 2. The summed E-state index contributed by atoms with van der Waals surface area (Å²) in [5, 5.41) is 6.23. The number of anilines is 1. The first-order valence-corrected chi connectivity index (χ1v) is 8.26. The van der Waals surface area contributed by atoms with E-state index < -0.39 is 0 Å². The number of benzene rings is 1. The molecule has 0 spiro atoms. The third-order valence-electron chi connectivity index (χ3n) is 4.25.